The molecule has 29 heavy (non-hydrogen) atoms. The van der Waals surface area contributed by atoms with Crippen molar-refractivity contribution in [2.24, 2.45) is 5.16 Å². The van der Waals surface area contributed by atoms with Crippen LogP contribution in [0.3, 0.4) is 0 Å². The van der Waals surface area contributed by atoms with Gasteiger partial charge in [-0.2, -0.15) is 0 Å². The average Bonchev–Trinajstić information content (AvgIpc) is 3.37. The summed E-state index contributed by atoms with van der Waals surface area (Å²) in [6.45, 7) is 0.348. The Kier molecular flexibility index (Phi) is 5.95. The van der Waals surface area contributed by atoms with E-state index in [4.69, 9.17) is 4.84 Å². The van der Waals surface area contributed by atoms with Crippen LogP contribution in [0.25, 0.3) is 0 Å². The molecule has 1 atom stereocenters. The molecule has 7 heteroatoms. The average molecular weight is 409 g/mol. The first-order valence-electron chi connectivity index (χ1n) is 9.38. The van der Waals surface area contributed by atoms with Crippen LogP contribution in [-0.2, 0) is 17.7 Å². The fourth-order valence-corrected chi connectivity index (χ4v) is 3.96. The maximum Gasteiger partial charge on any atom is 0.270 e. The molecule has 1 aliphatic heterocycles. The van der Waals surface area contributed by atoms with Gasteiger partial charge in [0.1, 0.15) is 17.6 Å². The quantitative estimate of drug-likeness (QED) is 0.642. The predicted molar refractivity (Wildman–Crippen MR) is 111 cm³/mol. The third kappa shape index (κ3) is 5.26. The number of halogens is 1. The van der Waals surface area contributed by atoms with Crippen LogP contribution in [0, 0.1) is 5.82 Å². The van der Waals surface area contributed by atoms with Crippen LogP contribution in [0.15, 0.2) is 65.1 Å². The lowest BCUT2D eigenvalue weighted by Crippen LogP contribution is -2.32. The molecule has 1 aliphatic rings. The fourth-order valence-electron chi connectivity index (χ4n) is 3.15. The number of carbonyl (C=O) groups excluding carboxylic acids is 1. The number of carbonyl (C=O) groups is 1. The van der Waals surface area contributed by atoms with Gasteiger partial charge in [0.05, 0.1) is 17.3 Å². The minimum Gasteiger partial charge on any atom is -0.390 e. The van der Waals surface area contributed by atoms with Crippen LogP contribution in [0.5, 0.6) is 0 Å². The van der Waals surface area contributed by atoms with Gasteiger partial charge in [-0.05, 0) is 23.3 Å². The van der Waals surface area contributed by atoms with E-state index in [-0.39, 0.29) is 17.8 Å². The molecule has 3 aromatic rings. The van der Waals surface area contributed by atoms with Crippen LogP contribution < -0.4 is 5.32 Å². The van der Waals surface area contributed by atoms with Crippen molar-refractivity contribution >= 4 is 23.0 Å². The summed E-state index contributed by atoms with van der Waals surface area (Å²) in [5.41, 5.74) is 3.27. The van der Waals surface area contributed by atoms with Crippen molar-refractivity contribution in [3.8, 4) is 0 Å². The van der Waals surface area contributed by atoms with Gasteiger partial charge in [0.25, 0.3) is 5.91 Å². The molecule has 2 aromatic carbocycles. The zero-order valence-electron chi connectivity index (χ0n) is 15.7. The molecule has 1 amide bonds. The van der Waals surface area contributed by atoms with E-state index in [1.807, 2.05) is 36.4 Å². The Labute approximate surface area is 172 Å². The molecule has 1 N–H and O–H groups in total. The van der Waals surface area contributed by atoms with Crippen molar-refractivity contribution in [3.63, 3.8) is 0 Å². The van der Waals surface area contributed by atoms with Gasteiger partial charge in [0.2, 0.25) is 0 Å². The van der Waals surface area contributed by atoms with Crippen molar-refractivity contribution < 1.29 is 14.0 Å². The van der Waals surface area contributed by atoms with E-state index in [9.17, 15) is 9.18 Å². The lowest BCUT2D eigenvalue weighted by atomic mass is 10.0. The third-order valence-electron chi connectivity index (χ3n) is 4.56. The summed E-state index contributed by atoms with van der Waals surface area (Å²) >= 11 is 1.48. The zero-order valence-corrected chi connectivity index (χ0v) is 16.5. The van der Waals surface area contributed by atoms with Crippen LogP contribution in [0.1, 0.15) is 33.0 Å². The van der Waals surface area contributed by atoms with E-state index in [1.54, 1.807) is 11.4 Å². The lowest BCUT2D eigenvalue weighted by Gasteiger charge is -2.08. The maximum absolute atomic E-state index is 13.3. The smallest absolute Gasteiger partial charge is 0.270 e. The summed E-state index contributed by atoms with van der Waals surface area (Å²) in [5.74, 6) is -0.483. The van der Waals surface area contributed by atoms with Gasteiger partial charge in [-0.1, -0.05) is 47.6 Å². The molecule has 148 valence electrons. The summed E-state index contributed by atoms with van der Waals surface area (Å²) in [5, 5.41) is 9.61. The van der Waals surface area contributed by atoms with E-state index in [2.05, 4.69) is 15.5 Å². The van der Waals surface area contributed by atoms with Crippen molar-refractivity contribution in [2.75, 3.05) is 6.54 Å². The Morgan fingerprint density at radius 1 is 1.14 bits per heavy atom. The number of oxime groups is 1. The molecule has 0 spiro atoms. The first-order valence-corrected chi connectivity index (χ1v) is 10.3. The summed E-state index contributed by atoms with van der Waals surface area (Å²) in [6, 6.07) is 16.5. The number of aromatic nitrogens is 1. The van der Waals surface area contributed by atoms with Crippen LogP contribution in [-0.4, -0.2) is 29.3 Å². The molecule has 0 saturated heterocycles. The number of hydrogen-bond acceptors (Lipinski definition) is 5. The minimum absolute atomic E-state index is 0.218. The molecule has 0 radical (unpaired) electrons. The molecule has 1 aromatic heterocycles. The van der Waals surface area contributed by atoms with E-state index in [0.717, 1.165) is 21.8 Å². The summed E-state index contributed by atoms with van der Waals surface area (Å²) in [6.07, 6.45) is 1.64. The Hall–Kier alpha value is -3.06. The molecular weight excluding hydrogens is 389 g/mol. The SMILES string of the molecule is O=C(NC[C@@H]1CC(Cc2cccc(F)c2)=NO1)c1csc(Cc2ccccc2)n1. The zero-order chi connectivity index (χ0) is 20.1. The molecule has 0 aliphatic carbocycles. The van der Waals surface area contributed by atoms with Gasteiger partial charge in [-0.15, -0.1) is 11.3 Å². The second kappa shape index (κ2) is 8.96. The third-order valence-corrected chi connectivity index (χ3v) is 5.41. The second-order valence-corrected chi connectivity index (χ2v) is 7.84. The number of hydrogen-bond donors (Lipinski definition) is 1. The number of benzene rings is 2. The van der Waals surface area contributed by atoms with Gasteiger partial charge < -0.3 is 10.2 Å². The van der Waals surface area contributed by atoms with E-state index < -0.39 is 0 Å². The van der Waals surface area contributed by atoms with E-state index in [0.29, 0.717) is 31.5 Å². The first kappa shape index (κ1) is 19.3. The van der Waals surface area contributed by atoms with Gasteiger partial charge in [-0.3, -0.25) is 4.79 Å². The van der Waals surface area contributed by atoms with Crippen molar-refractivity contribution in [3.05, 3.63) is 87.6 Å². The van der Waals surface area contributed by atoms with Gasteiger partial charge >= 0.3 is 0 Å². The summed E-state index contributed by atoms with van der Waals surface area (Å²) in [4.78, 5) is 22.2. The van der Waals surface area contributed by atoms with Crippen molar-refractivity contribution in [2.45, 2.75) is 25.4 Å². The van der Waals surface area contributed by atoms with Gasteiger partial charge in [0, 0.05) is 24.6 Å². The molecule has 4 rings (SSSR count). The Balaban J connectivity index is 1.24. The molecule has 0 saturated carbocycles. The van der Waals surface area contributed by atoms with Crippen molar-refractivity contribution in [1.82, 2.24) is 10.3 Å². The maximum atomic E-state index is 13.3. The number of rotatable bonds is 7. The largest absolute Gasteiger partial charge is 0.390 e. The monoisotopic (exact) mass is 409 g/mol. The Morgan fingerprint density at radius 3 is 2.79 bits per heavy atom. The highest BCUT2D eigenvalue weighted by Crippen LogP contribution is 2.16. The minimum atomic E-state index is -0.263. The number of nitrogens with zero attached hydrogens (tertiary/aromatic N) is 2. The standard InChI is InChI=1S/C22H20FN3O2S/c23-17-8-4-7-16(9-17)10-18-12-19(28-26-18)13-24-22(27)20-14-29-21(25-20)11-15-5-2-1-3-6-15/h1-9,14,19H,10-13H2,(H,24,27)/t19-/m0/s1. The molecule has 0 unspecified atom stereocenters. The molecule has 2 heterocycles. The lowest BCUT2D eigenvalue weighted by molar-refractivity contribution is 0.0751. The fraction of sp³-hybridized carbons (Fsp3) is 0.227. The van der Waals surface area contributed by atoms with Gasteiger partial charge in [0.15, 0.2) is 0 Å². The predicted octanol–water partition coefficient (Wildman–Crippen LogP) is 3.99. The molecule has 5 nitrogen and oxygen atoms in total. The van der Waals surface area contributed by atoms with Crippen LogP contribution >= 0.6 is 11.3 Å². The van der Waals surface area contributed by atoms with Crippen LogP contribution in [0.2, 0.25) is 0 Å². The van der Waals surface area contributed by atoms with E-state index >= 15 is 0 Å². The highest BCUT2D eigenvalue weighted by atomic mass is 32.1. The highest BCUT2D eigenvalue weighted by Gasteiger charge is 2.22. The molecular formula is C22H20FN3O2S. The normalized spacial score (nSPS) is 15.6. The topological polar surface area (TPSA) is 63.6 Å². The summed E-state index contributed by atoms with van der Waals surface area (Å²) < 4.78 is 13.3. The van der Waals surface area contributed by atoms with Crippen molar-refractivity contribution in [1.29, 1.82) is 0 Å². The number of amides is 1. The number of thiazole rings is 1. The molecule has 0 bridgehead atoms. The number of nitrogens with one attached hydrogen (secondary N) is 1. The van der Waals surface area contributed by atoms with E-state index in [1.165, 1.54) is 23.5 Å². The van der Waals surface area contributed by atoms with Crippen LogP contribution in [0.4, 0.5) is 4.39 Å². The first-order chi connectivity index (χ1) is 14.2. The Bertz CT molecular complexity index is 1020. The summed E-state index contributed by atoms with van der Waals surface area (Å²) in [7, 11) is 0. The van der Waals surface area contributed by atoms with Gasteiger partial charge in [-0.25, -0.2) is 9.37 Å². The second-order valence-electron chi connectivity index (χ2n) is 6.89. The highest BCUT2D eigenvalue weighted by molar-refractivity contribution is 7.09. The Morgan fingerprint density at radius 2 is 1.97 bits per heavy atom. The molecule has 0 fully saturated rings.